The van der Waals surface area contributed by atoms with Crippen LogP contribution in [0, 0.1) is 0 Å². The first-order valence-corrected chi connectivity index (χ1v) is 9.14. The fraction of sp³-hybridized carbons (Fsp3) is 0.190. The molecule has 0 bridgehead atoms. The molecule has 3 aromatic heterocycles. The maximum absolute atomic E-state index is 12.7. The van der Waals surface area contributed by atoms with Crippen LogP contribution >= 0.6 is 0 Å². The molecule has 3 heterocycles. The lowest BCUT2D eigenvalue weighted by Gasteiger charge is -2.15. The highest BCUT2D eigenvalue weighted by molar-refractivity contribution is 6.07. The minimum Gasteiger partial charge on any atom is -0.389 e. The highest BCUT2D eigenvalue weighted by atomic mass is 16.3. The molecule has 1 atom stereocenters. The van der Waals surface area contributed by atoms with Crippen LogP contribution in [0.15, 0.2) is 65.8 Å². The smallest absolute Gasteiger partial charge is 0.264 e. The Morgan fingerprint density at radius 2 is 1.61 bits per heavy atom. The van der Waals surface area contributed by atoms with Gasteiger partial charge in [-0.1, -0.05) is 36.4 Å². The molecule has 0 fully saturated rings. The van der Waals surface area contributed by atoms with Gasteiger partial charge in [0, 0.05) is 28.9 Å². The predicted octanol–water partition coefficient (Wildman–Crippen LogP) is 2.30. The number of aryl methyl sites for hydroxylation is 1. The second kappa shape index (κ2) is 6.31. The lowest BCUT2D eigenvalue weighted by Crippen LogP contribution is -2.29. The first kappa shape index (κ1) is 16.7. The van der Waals surface area contributed by atoms with E-state index in [1.807, 2.05) is 24.3 Å². The highest BCUT2D eigenvalue weighted by Crippen LogP contribution is 2.28. The number of nitrogens with zero attached hydrogens (tertiary/aromatic N) is 5. The molecular formula is C21H19N5O2. The van der Waals surface area contributed by atoms with Crippen LogP contribution in [0.5, 0.6) is 0 Å². The average molecular weight is 373 g/mol. The molecule has 7 heteroatoms. The van der Waals surface area contributed by atoms with Gasteiger partial charge in [0.2, 0.25) is 0 Å². The van der Waals surface area contributed by atoms with Crippen LogP contribution in [0.2, 0.25) is 0 Å². The van der Waals surface area contributed by atoms with E-state index in [1.54, 1.807) is 11.7 Å². The molecular weight excluding hydrogens is 354 g/mol. The standard InChI is InChI=1S/C21H19N5O2/c1-24-20-17(10-23-24)21(28)25(13-22-20)11-14(27)12-26-18-8-4-2-6-15(18)16-7-3-5-9-19(16)26/h2-10,13-14,27H,11-12H2,1H3/t14-/m1/s1. The van der Waals surface area contributed by atoms with Crippen LogP contribution in [-0.2, 0) is 20.1 Å². The second-order valence-corrected chi connectivity index (χ2v) is 7.01. The maximum atomic E-state index is 12.7. The second-order valence-electron chi connectivity index (χ2n) is 7.01. The number of hydrogen-bond donors (Lipinski definition) is 1. The van der Waals surface area contributed by atoms with Crippen LogP contribution in [0.1, 0.15) is 0 Å². The Morgan fingerprint density at radius 3 is 2.29 bits per heavy atom. The Balaban J connectivity index is 1.51. The van der Waals surface area contributed by atoms with Gasteiger partial charge in [-0.3, -0.25) is 14.0 Å². The van der Waals surface area contributed by atoms with E-state index in [2.05, 4.69) is 38.9 Å². The number of aliphatic hydroxyl groups excluding tert-OH is 1. The number of aliphatic hydroxyl groups is 1. The number of rotatable bonds is 4. The summed E-state index contributed by atoms with van der Waals surface area (Å²) in [6, 6.07) is 16.3. The van der Waals surface area contributed by atoms with Gasteiger partial charge in [-0.2, -0.15) is 5.10 Å². The van der Waals surface area contributed by atoms with E-state index in [1.165, 1.54) is 17.1 Å². The van der Waals surface area contributed by atoms with Crippen molar-refractivity contribution in [1.29, 1.82) is 0 Å². The van der Waals surface area contributed by atoms with Crippen molar-refractivity contribution in [2.45, 2.75) is 19.2 Å². The SMILES string of the molecule is Cn1ncc2c(=O)n(C[C@@H](O)Cn3c4ccccc4c4ccccc43)cnc21. The fourth-order valence-electron chi connectivity index (χ4n) is 3.89. The van der Waals surface area contributed by atoms with Gasteiger partial charge in [0.15, 0.2) is 5.65 Å². The molecule has 5 rings (SSSR count). The maximum Gasteiger partial charge on any atom is 0.264 e. The van der Waals surface area contributed by atoms with E-state index in [9.17, 15) is 9.90 Å². The third-order valence-corrected chi connectivity index (χ3v) is 5.20. The lowest BCUT2D eigenvalue weighted by atomic mass is 10.2. The minimum absolute atomic E-state index is 0.164. The van der Waals surface area contributed by atoms with Crippen molar-refractivity contribution in [2.75, 3.05) is 0 Å². The number of aromatic nitrogens is 5. The summed E-state index contributed by atoms with van der Waals surface area (Å²) >= 11 is 0. The van der Waals surface area contributed by atoms with E-state index in [0.29, 0.717) is 17.6 Å². The molecule has 5 aromatic rings. The molecule has 7 nitrogen and oxygen atoms in total. The zero-order valence-corrected chi connectivity index (χ0v) is 15.4. The quantitative estimate of drug-likeness (QED) is 0.524. The number of benzene rings is 2. The Kier molecular flexibility index (Phi) is 3.77. The summed E-state index contributed by atoms with van der Waals surface area (Å²) in [7, 11) is 1.75. The number of para-hydroxylation sites is 2. The first-order valence-electron chi connectivity index (χ1n) is 9.14. The van der Waals surface area contributed by atoms with Crippen molar-refractivity contribution in [3.05, 3.63) is 71.4 Å². The van der Waals surface area contributed by atoms with Crippen LogP contribution in [0.4, 0.5) is 0 Å². The topological polar surface area (TPSA) is 77.9 Å². The van der Waals surface area contributed by atoms with E-state index >= 15 is 0 Å². The molecule has 0 aliphatic heterocycles. The van der Waals surface area contributed by atoms with Crippen molar-refractivity contribution in [3.8, 4) is 0 Å². The van der Waals surface area contributed by atoms with Gasteiger partial charge in [0.05, 0.1) is 25.4 Å². The summed E-state index contributed by atoms with van der Waals surface area (Å²) < 4.78 is 5.12. The molecule has 0 amide bonds. The molecule has 0 spiro atoms. The van der Waals surface area contributed by atoms with Gasteiger partial charge in [0.1, 0.15) is 11.7 Å². The largest absolute Gasteiger partial charge is 0.389 e. The molecule has 0 radical (unpaired) electrons. The summed E-state index contributed by atoms with van der Waals surface area (Å²) in [5.74, 6) is 0. The summed E-state index contributed by atoms with van der Waals surface area (Å²) in [5, 5.41) is 17.6. The Morgan fingerprint density at radius 1 is 0.964 bits per heavy atom. The van der Waals surface area contributed by atoms with E-state index in [-0.39, 0.29) is 12.1 Å². The molecule has 0 aliphatic rings. The predicted molar refractivity (Wildman–Crippen MR) is 108 cm³/mol. The van der Waals surface area contributed by atoms with Crippen molar-refractivity contribution in [1.82, 2.24) is 23.9 Å². The number of hydrogen-bond acceptors (Lipinski definition) is 4. The monoisotopic (exact) mass is 373 g/mol. The summed E-state index contributed by atoms with van der Waals surface area (Å²) in [6.07, 6.45) is 2.25. The summed E-state index contributed by atoms with van der Waals surface area (Å²) in [4.78, 5) is 17.0. The van der Waals surface area contributed by atoms with Gasteiger partial charge in [-0.25, -0.2) is 4.98 Å². The molecule has 1 N–H and O–H groups in total. The summed E-state index contributed by atoms with van der Waals surface area (Å²) in [6.45, 7) is 0.545. The molecule has 28 heavy (non-hydrogen) atoms. The molecule has 2 aromatic carbocycles. The van der Waals surface area contributed by atoms with Crippen molar-refractivity contribution >= 4 is 32.8 Å². The molecule has 140 valence electrons. The third kappa shape index (κ3) is 2.51. The van der Waals surface area contributed by atoms with Gasteiger partial charge < -0.3 is 9.67 Å². The Hall–Kier alpha value is -3.45. The van der Waals surface area contributed by atoms with Gasteiger partial charge >= 0.3 is 0 Å². The zero-order chi connectivity index (χ0) is 19.3. The third-order valence-electron chi connectivity index (χ3n) is 5.20. The molecule has 0 saturated heterocycles. The number of fused-ring (bicyclic) bond motifs is 4. The normalized spacial score (nSPS) is 12.9. The highest BCUT2D eigenvalue weighted by Gasteiger charge is 2.15. The van der Waals surface area contributed by atoms with Crippen molar-refractivity contribution < 1.29 is 5.11 Å². The lowest BCUT2D eigenvalue weighted by molar-refractivity contribution is 0.135. The van der Waals surface area contributed by atoms with Crippen LogP contribution in [0.3, 0.4) is 0 Å². The van der Waals surface area contributed by atoms with Crippen molar-refractivity contribution in [2.24, 2.45) is 7.05 Å². The van der Waals surface area contributed by atoms with E-state index in [4.69, 9.17) is 0 Å². The minimum atomic E-state index is -0.743. The van der Waals surface area contributed by atoms with Crippen molar-refractivity contribution in [3.63, 3.8) is 0 Å². The Labute approximate surface area is 160 Å². The van der Waals surface area contributed by atoms with E-state index in [0.717, 1.165) is 21.8 Å². The average Bonchev–Trinajstić information content (AvgIpc) is 3.24. The molecule has 0 saturated carbocycles. The van der Waals surface area contributed by atoms with Crippen LogP contribution in [-0.4, -0.2) is 35.1 Å². The summed E-state index contributed by atoms with van der Waals surface area (Å²) in [5.41, 5.74) is 2.48. The van der Waals surface area contributed by atoms with Gasteiger partial charge in [-0.05, 0) is 12.1 Å². The molecule has 0 unspecified atom stereocenters. The fourth-order valence-corrected chi connectivity index (χ4v) is 3.89. The van der Waals surface area contributed by atoms with Gasteiger partial charge in [0.25, 0.3) is 5.56 Å². The Bertz CT molecular complexity index is 1330. The molecule has 0 aliphatic carbocycles. The van der Waals surface area contributed by atoms with Crippen LogP contribution < -0.4 is 5.56 Å². The first-order chi connectivity index (χ1) is 13.6. The van der Waals surface area contributed by atoms with E-state index < -0.39 is 6.10 Å². The van der Waals surface area contributed by atoms with Gasteiger partial charge in [-0.15, -0.1) is 0 Å². The zero-order valence-electron chi connectivity index (χ0n) is 15.4. The van der Waals surface area contributed by atoms with Crippen LogP contribution in [0.25, 0.3) is 32.8 Å².